The highest BCUT2D eigenvalue weighted by atomic mass is 79.9. The molecule has 0 fully saturated rings. The molecular weight excluding hydrogens is 248 g/mol. The average molecular weight is 257 g/mol. The summed E-state index contributed by atoms with van der Waals surface area (Å²) in [5, 5.41) is 3.77. The summed E-state index contributed by atoms with van der Waals surface area (Å²) in [6.45, 7) is 0. The lowest BCUT2D eigenvalue weighted by molar-refractivity contribution is 0.0352. The van der Waals surface area contributed by atoms with Gasteiger partial charge in [-0.2, -0.15) is 10.7 Å². The maximum atomic E-state index is 5.14. The van der Waals surface area contributed by atoms with E-state index in [0.717, 1.165) is 15.8 Å². The summed E-state index contributed by atoms with van der Waals surface area (Å²) in [5.41, 5.74) is 3.43. The minimum absolute atomic E-state index is 0.151. The van der Waals surface area contributed by atoms with Gasteiger partial charge in [-0.05, 0) is 23.8 Å². The SMILES string of the molecule is COc1cc(Br)cc(C2C=NNO2)c1. The van der Waals surface area contributed by atoms with Gasteiger partial charge in [-0.15, -0.1) is 0 Å². The van der Waals surface area contributed by atoms with Gasteiger partial charge in [-0.3, -0.25) is 0 Å². The molecule has 0 spiro atoms. The molecule has 1 aliphatic rings. The van der Waals surface area contributed by atoms with E-state index in [-0.39, 0.29) is 6.10 Å². The van der Waals surface area contributed by atoms with Crippen molar-refractivity contribution in [3.63, 3.8) is 0 Å². The first-order valence-electron chi connectivity index (χ1n) is 4.08. The van der Waals surface area contributed by atoms with E-state index in [1.165, 1.54) is 0 Å². The van der Waals surface area contributed by atoms with Crippen molar-refractivity contribution >= 4 is 22.1 Å². The molecule has 1 heterocycles. The summed E-state index contributed by atoms with van der Waals surface area (Å²) in [6.07, 6.45) is 1.54. The largest absolute Gasteiger partial charge is 0.497 e. The molecule has 1 unspecified atom stereocenters. The smallest absolute Gasteiger partial charge is 0.149 e. The van der Waals surface area contributed by atoms with Crippen LogP contribution in [0.25, 0.3) is 0 Å². The minimum Gasteiger partial charge on any atom is -0.497 e. The van der Waals surface area contributed by atoms with Crippen molar-refractivity contribution < 1.29 is 9.57 Å². The maximum absolute atomic E-state index is 5.14. The van der Waals surface area contributed by atoms with Crippen LogP contribution >= 0.6 is 15.9 Å². The van der Waals surface area contributed by atoms with Crippen LogP contribution in [0.4, 0.5) is 0 Å². The third-order valence-electron chi connectivity index (χ3n) is 1.90. The lowest BCUT2D eigenvalue weighted by atomic mass is 10.1. The molecule has 0 saturated carbocycles. The molecule has 1 N–H and O–H groups in total. The van der Waals surface area contributed by atoms with Crippen LogP contribution < -0.4 is 10.3 Å². The van der Waals surface area contributed by atoms with Crippen molar-refractivity contribution in [3.05, 3.63) is 28.2 Å². The Kier molecular flexibility index (Phi) is 2.69. The van der Waals surface area contributed by atoms with Gasteiger partial charge in [-0.25, -0.2) is 4.84 Å². The Morgan fingerprint density at radius 1 is 1.50 bits per heavy atom. The van der Waals surface area contributed by atoms with E-state index in [4.69, 9.17) is 9.57 Å². The number of halogens is 1. The summed E-state index contributed by atoms with van der Waals surface area (Å²) in [7, 11) is 1.63. The summed E-state index contributed by atoms with van der Waals surface area (Å²) in [4.78, 5) is 5.14. The first-order chi connectivity index (χ1) is 6.79. The Hall–Kier alpha value is -1.07. The highest BCUT2D eigenvalue weighted by Crippen LogP contribution is 2.26. The lowest BCUT2D eigenvalue weighted by Crippen LogP contribution is -2.05. The molecule has 74 valence electrons. The van der Waals surface area contributed by atoms with E-state index in [1.54, 1.807) is 13.3 Å². The highest BCUT2D eigenvalue weighted by molar-refractivity contribution is 9.10. The quantitative estimate of drug-likeness (QED) is 0.881. The molecule has 0 radical (unpaired) electrons. The van der Waals surface area contributed by atoms with Gasteiger partial charge < -0.3 is 4.74 Å². The molecular formula is C9H9BrN2O2. The van der Waals surface area contributed by atoms with Crippen LogP contribution in [0.1, 0.15) is 11.7 Å². The Labute approximate surface area is 90.0 Å². The Morgan fingerprint density at radius 3 is 3.00 bits per heavy atom. The molecule has 2 rings (SSSR count). The number of rotatable bonds is 2. The highest BCUT2D eigenvalue weighted by Gasteiger charge is 2.15. The second kappa shape index (κ2) is 3.98. The second-order valence-electron chi connectivity index (χ2n) is 2.83. The van der Waals surface area contributed by atoms with Gasteiger partial charge in [0.1, 0.15) is 11.9 Å². The number of hydrogen-bond acceptors (Lipinski definition) is 4. The van der Waals surface area contributed by atoms with Crippen LogP contribution in [0.2, 0.25) is 0 Å². The van der Waals surface area contributed by atoms with Crippen LogP contribution in [0.15, 0.2) is 27.8 Å². The zero-order valence-electron chi connectivity index (χ0n) is 7.53. The third kappa shape index (κ3) is 1.88. The predicted octanol–water partition coefficient (Wildman–Crippen LogP) is 2.02. The fraction of sp³-hybridized carbons (Fsp3) is 0.222. The van der Waals surface area contributed by atoms with E-state index in [9.17, 15) is 0 Å². The fourth-order valence-electron chi connectivity index (χ4n) is 1.24. The number of methoxy groups -OCH3 is 1. The van der Waals surface area contributed by atoms with Gasteiger partial charge in [0.15, 0.2) is 0 Å². The van der Waals surface area contributed by atoms with E-state index in [1.807, 2.05) is 18.2 Å². The second-order valence-corrected chi connectivity index (χ2v) is 3.75. The molecule has 0 saturated heterocycles. The van der Waals surface area contributed by atoms with Crippen LogP contribution in [0.5, 0.6) is 5.75 Å². The zero-order valence-corrected chi connectivity index (χ0v) is 9.11. The Bertz CT molecular complexity index is 368. The van der Waals surface area contributed by atoms with Gasteiger partial charge >= 0.3 is 0 Å². The number of ether oxygens (including phenoxy) is 1. The van der Waals surface area contributed by atoms with Crippen molar-refractivity contribution in [2.75, 3.05) is 7.11 Å². The molecule has 5 heteroatoms. The average Bonchev–Trinajstić information content (AvgIpc) is 2.69. The molecule has 1 aliphatic heterocycles. The van der Waals surface area contributed by atoms with Crippen molar-refractivity contribution in [3.8, 4) is 5.75 Å². The van der Waals surface area contributed by atoms with Gasteiger partial charge in [0, 0.05) is 4.47 Å². The van der Waals surface area contributed by atoms with E-state index in [0.29, 0.717) is 0 Å². The van der Waals surface area contributed by atoms with Crippen LogP contribution in [-0.4, -0.2) is 13.3 Å². The van der Waals surface area contributed by atoms with Gasteiger partial charge in [0.2, 0.25) is 0 Å². The topological polar surface area (TPSA) is 42.8 Å². The summed E-state index contributed by atoms with van der Waals surface area (Å²) >= 11 is 3.40. The van der Waals surface area contributed by atoms with E-state index < -0.39 is 0 Å². The minimum atomic E-state index is -0.151. The van der Waals surface area contributed by atoms with E-state index >= 15 is 0 Å². The first kappa shape index (κ1) is 9.48. The molecule has 1 aromatic carbocycles. The predicted molar refractivity (Wildman–Crippen MR) is 56.1 cm³/mol. The summed E-state index contributed by atoms with van der Waals surface area (Å²) < 4.78 is 6.10. The van der Waals surface area contributed by atoms with Crippen molar-refractivity contribution in [1.29, 1.82) is 0 Å². The standard InChI is InChI=1S/C9H9BrN2O2/c1-13-8-3-6(2-7(10)4-8)9-5-11-12-14-9/h2-5,9,12H,1H3. The first-order valence-corrected chi connectivity index (χ1v) is 4.87. The molecule has 0 aromatic heterocycles. The molecule has 1 atom stereocenters. The molecule has 4 nitrogen and oxygen atoms in total. The van der Waals surface area contributed by atoms with Crippen LogP contribution in [0.3, 0.4) is 0 Å². The molecule has 14 heavy (non-hydrogen) atoms. The Balaban J connectivity index is 2.32. The van der Waals surface area contributed by atoms with Crippen molar-refractivity contribution in [2.24, 2.45) is 5.10 Å². The maximum Gasteiger partial charge on any atom is 0.149 e. The fourth-order valence-corrected chi connectivity index (χ4v) is 1.73. The Morgan fingerprint density at radius 2 is 2.36 bits per heavy atom. The normalized spacial score (nSPS) is 19.4. The van der Waals surface area contributed by atoms with E-state index in [2.05, 4.69) is 26.6 Å². The zero-order chi connectivity index (χ0) is 9.97. The molecule has 0 aliphatic carbocycles. The molecule has 0 amide bonds. The van der Waals surface area contributed by atoms with Gasteiger partial charge in [0.05, 0.1) is 13.3 Å². The molecule has 1 aromatic rings. The molecule has 0 bridgehead atoms. The lowest BCUT2D eigenvalue weighted by Gasteiger charge is -2.08. The van der Waals surface area contributed by atoms with Gasteiger partial charge in [0.25, 0.3) is 0 Å². The van der Waals surface area contributed by atoms with Crippen molar-refractivity contribution in [2.45, 2.75) is 6.10 Å². The number of benzene rings is 1. The third-order valence-corrected chi connectivity index (χ3v) is 2.36. The summed E-state index contributed by atoms with van der Waals surface area (Å²) in [5.74, 6) is 0.790. The van der Waals surface area contributed by atoms with Crippen molar-refractivity contribution in [1.82, 2.24) is 5.59 Å². The van der Waals surface area contributed by atoms with Crippen LogP contribution in [-0.2, 0) is 4.84 Å². The number of nitrogens with zero attached hydrogens (tertiary/aromatic N) is 1. The van der Waals surface area contributed by atoms with Crippen LogP contribution in [0, 0.1) is 0 Å². The number of hydrogen-bond donors (Lipinski definition) is 1. The summed E-state index contributed by atoms with van der Waals surface area (Å²) in [6, 6.07) is 5.77. The number of hydrazone groups is 1. The number of nitrogens with one attached hydrogen (secondary N) is 1. The monoisotopic (exact) mass is 256 g/mol. The van der Waals surface area contributed by atoms with Gasteiger partial charge in [-0.1, -0.05) is 15.9 Å².